The maximum atomic E-state index is 8.76. The van der Waals surface area contributed by atoms with Gasteiger partial charge in [0.05, 0.1) is 0 Å². The van der Waals surface area contributed by atoms with Gasteiger partial charge in [0.1, 0.15) is 5.75 Å². The van der Waals surface area contributed by atoms with Crippen molar-refractivity contribution in [3.63, 3.8) is 0 Å². The van der Waals surface area contributed by atoms with Gasteiger partial charge in [0, 0.05) is 0 Å². The molecule has 146 valence electrons. The van der Waals surface area contributed by atoms with Crippen LogP contribution in [-0.4, -0.2) is 5.11 Å². The van der Waals surface area contributed by atoms with Crippen molar-refractivity contribution in [2.45, 2.75) is 53.9 Å². The van der Waals surface area contributed by atoms with Crippen LogP contribution in [0.5, 0.6) is 5.75 Å². The zero-order valence-corrected chi connectivity index (χ0v) is 17.7. The van der Waals surface area contributed by atoms with Gasteiger partial charge in [-0.15, -0.1) is 0 Å². The number of benzene rings is 3. The molecule has 3 aromatic carbocycles. The zero-order chi connectivity index (χ0) is 20.3. The predicted molar refractivity (Wildman–Crippen MR) is 120 cm³/mol. The molecule has 1 heteroatoms. The third-order valence-corrected chi connectivity index (χ3v) is 3.67. The van der Waals surface area contributed by atoms with Crippen molar-refractivity contribution >= 4 is 0 Å². The summed E-state index contributed by atoms with van der Waals surface area (Å²) in [7, 11) is 0. The first-order valence-corrected chi connectivity index (χ1v) is 9.99. The summed E-state index contributed by atoms with van der Waals surface area (Å²) in [5, 5.41) is 8.76. The summed E-state index contributed by atoms with van der Waals surface area (Å²) < 4.78 is 0. The fourth-order valence-electron chi connectivity index (χ4n) is 2.19. The predicted octanol–water partition coefficient (Wildman–Crippen LogP) is 7.61. The third-order valence-electron chi connectivity index (χ3n) is 3.67. The average molecular weight is 365 g/mol. The lowest BCUT2D eigenvalue weighted by Gasteiger charge is -1.93. The minimum absolute atomic E-state index is 0.329. The summed E-state index contributed by atoms with van der Waals surface area (Å²) in [6.45, 7) is 10.3. The van der Waals surface area contributed by atoms with Crippen molar-refractivity contribution in [1.82, 2.24) is 0 Å². The van der Waals surface area contributed by atoms with Gasteiger partial charge in [0.25, 0.3) is 0 Å². The van der Waals surface area contributed by atoms with E-state index in [9.17, 15) is 0 Å². The maximum absolute atomic E-state index is 8.76. The van der Waals surface area contributed by atoms with E-state index in [4.69, 9.17) is 5.11 Å². The highest BCUT2D eigenvalue weighted by atomic mass is 16.3. The van der Waals surface area contributed by atoms with Crippen LogP contribution in [0.15, 0.2) is 84.9 Å². The molecule has 1 nitrogen and oxygen atoms in total. The highest BCUT2D eigenvalue weighted by Gasteiger charge is 1.84. The Kier molecular flexibility index (Phi) is 15.3. The second kappa shape index (κ2) is 16.9. The molecule has 0 aromatic heterocycles. The Morgan fingerprint density at radius 2 is 1.07 bits per heavy atom. The second-order valence-electron chi connectivity index (χ2n) is 5.91. The standard InChI is InChI=1S/C9H12.C8H10.C7H8O.C2H6/c1-2-6-9-7-4-3-5-8-9;1-2-8-6-4-3-5-7-8;1-6-2-4-7(8)5-3-6;1-2/h3-5,7-8H,2,6H2,1H3;3-7H,2H2,1H3;2-5,8H,1H3;1-2H3. The van der Waals surface area contributed by atoms with E-state index in [0.29, 0.717) is 5.75 Å². The summed E-state index contributed by atoms with van der Waals surface area (Å²) in [5.41, 5.74) is 4.02. The molecular weight excluding hydrogens is 328 g/mol. The first kappa shape index (κ1) is 24.5. The van der Waals surface area contributed by atoms with Crippen LogP contribution >= 0.6 is 0 Å². The first-order chi connectivity index (χ1) is 13.2. The summed E-state index contributed by atoms with van der Waals surface area (Å²) in [4.78, 5) is 0. The Morgan fingerprint density at radius 3 is 1.41 bits per heavy atom. The Balaban J connectivity index is 0.000000359. The Hall–Kier alpha value is -2.54. The van der Waals surface area contributed by atoms with E-state index in [-0.39, 0.29) is 0 Å². The molecule has 0 unspecified atom stereocenters. The molecule has 0 heterocycles. The molecule has 3 aromatic rings. The van der Waals surface area contributed by atoms with E-state index >= 15 is 0 Å². The number of phenols is 1. The van der Waals surface area contributed by atoms with Gasteiger partial charge in [-0.3, -0.25) is 0 Å². The fourth-order valence-corrected chi connectivity index (χ4v) is 2.19. The van der Waals surface area contributed by atoms with Crippen molar-refractivity contribution in [3.05, 3.63) is 102 Å². The lowest BCUT2D eigenvalue weighted by atomic mass is 10.1. The summed E-state index contributed by atoms with van der Waals surface area (Å²) >= 11 is 0. The van der Waals surface area contributed by atoms with Gasteiger partial charge in [-0.25, -0.2) is 0 Å². The van der Waals surface area contributed by atoms with E-state index in [1.807, 2.05) is 39.0 Å². The summed E-state index contributed by atoms with van der Waals surface area (Å²) in [6, 6.07) is 28.1. The van der Waals surface area contributed by atoms with Crippen LogP contribution in [0.4, 0.5) is 0 Å². The van der Waals surface area contributed by atoms with Crippen molar-refractivity contribution in [2.24, 2.45) is 0 Å². The molecule has 0 aliphatic carbocycles. The molecule has 27 heavy (non-hydrogen) atoms. The van der Waals surface area contributed by atoms with Crippen molar-refractivity contribution < 1.29 is 5.11 Å². The van der Waals surface area contributed by atoms with Gasteiger partial charge in [-0.05, 0) is 43.0 Å². The molecule has 0 saturated heterocycles. The van der Waals surface area contributed by atoms with Gasteiger partial charge in [-0.2, -0.15) is 0 Å². The number of hydrogen-bond acceptors (Lipinski definition) is 1. The van der Waals surface area contributed by atoms with Gasteiger partial charge < -0.3 is 5.11 Å². The van der Waals surface area contributed by atoms with E-state index in [1.165, 1.54) is 29.5 Å². The lowest BCUT2D eigenvalue weighted by Crippen LogP contribution is -1.78. The highest BCUT2D eigenvalue weighted by molar-refractivity contribution is 5.24. The Bertz CT molecular complexity index is 637. The van der Waals surface area contributed by atoms with E-state index < -0.39 is 0 Å². The van der Waals surface area contributed by atoms with Crippen molar-refractivity contribution in [1.29, 1.82) is 0 Å². The average Bonchev–Trinajstić information content (AvgIpc) is 2.74. The second-order valence-corrected chi connectivity index (χ2v) is 5.91. The van der Waals surface area contributed by atoms with E-state index in [1.54, 1.807) is 12.1 Å². The van der Waals surface area contributed by atoms with Crippen molar-refractivity contribution in [2.75, 3.05) is 0 Å². The molecule has 0 saturated carbocycles. The Morgan fingerprint density at radius 1 is 0.630 bits per heavy atom. The molecule has 0 amide bonds. The number of phenolic OH excluding ortho intramolecular Hbond substituents is 1. The number of aromatic hydroxyl groups is 1. The molecule has 0 aliphatic heterocycles. The van der Waals surface area contributed by atoms with Crippen LogP contribution in [0.25, 0.3) is 0 Å². The summed E-state index contributed by atoms with van der Waals surface area (Å²) in [5.74, 6) is 0.329. The Labute approximate surface area is 166 Å². The minimum atomic E-state index is 0.329. The van der Waals surface area contributed by atoms with Gasteiger partial charge in [-0.1, -0.05) is 112 Å². The van der Waals surface area contributed by atoms with Crippen LogP contribution in [0.2, 0.25) is 0 Å². The molecule has 0 aliphatic rings. The van der Waals surface area contributed by atoms with Crippen LogP contribution in [-0.2, 0) is 12.8 Å². The zero-order valence-electron chi connectivity index (χ0n) is 17.7. The molecule has 0 bridgehead atoms. The van der Waals surface area contributed by atoms with Gasteiger partial charge in [0.2, 0.25) is 0 Å². The summed E-state index contributed by atoms with van der Waals surface area (Å²) in [6.07, 6.45) is 3.59. The largest absolute Gasteiger partial charge is 0.508 e. The molecule has 1 N–H and O–H groups in total. The monoisotopic (exact) mass is 364 g/mol. The van der Waals surface area contributed by atoms with Crippen LogP contribution in [0.3, 0.4) is 0 Å². The third kappa shape index (κ3) is 13.3. The molecule has 3 rings (SSSR count). The minimum Gasteiger partial charge on any atom is -0.508 e. The lowest BCUT2D eigenvalue weighted by molar-refractivity contribution is 0.475. The van der Waals surface area contributed by atoms with Crippen LogP contribution in [0, 0.1) is 6.92 Å². The quantitative estimate of drug-likeness (QED) is 0.507. The number of aryl methyl sites for hydroxylation is 3. The smallest absolute Gasteiger partial charge is 0.115 e. The fraction of sp³-hybridized carbons (Fsp3) is 0.308. The van der Waals surface area contributed by atoms with Gasteiger partial charge in [0.15, 0.2) is 0 Å². The topological polar surface area (TPSA) is 20.2 Å². The maximum Gasteiger partial charge on any atom is 0.115 e. The molecule has 0 spiro atoms. The molecular formula is C26H36O. The van der Waals surface area contributed by atoms with Gasteiger partial charge >= 0.3 is 0 Å². The van der Waals surface area contributed by atoms with E-state index in [0.717, 1.165) is 6.42 Å². The normalized spacial score (nSPS) is 8.78. The molecule has 0 radical (unpaired) electrons. The van der Waals surface area contributed by atoms with Crippen molar-refractivity contribution in [3.8, 4) is 5.75 Å². The number of rotatable bonds is 3. The van der Waals surface area contributed by atoms with E-state index in [2.05, 4.69) is 68.4 Å². The molecule has 0 atom stereocenters. The highest BCUT2D eigenvalue weighted by Crippen LogP contribution is 2.07. The first-order valence-electron chi connectivity index (χ1n) is 9.99. The number of hydrogen-bond donors (Lipinski definition) is 1. The SMILES string of the molecule is CC.CCCc1ccccc1.CCc1ccccc1.Cc1ccc(O)cc1. The van der Waals surface area contributed by atoms with Crippen LogP contribution < -0.4 is 0 Å². The van der Waals surface area contributed by atoms with Crippen LogP contribution in [0.1, 0.15) is 50.8 Å². The molecule has 0 fully saturated rings.